The van der Waals surface area contributed by atoms with Crippen LogP contribution in [0, 0.1) is 5.92 Å². The van der Waals surface area contributed by atoms with Gasteiger partial charge in [-0.25, -0.2) is 0 Å². The van der Waals surface area contributed by atoms with Gasteiger partial charge in [0.2, 0.25) is 5.91 Å². The summed E-state index contributed by atoms with van der Waals surface area (Å²) in [6.45, 7) is 5.33. The van der Waals surface area contributed by atoms with Gasteiger partial charge in [0.15, 0.2) is 0 Å². The number of nitrogens with zero attached hydrogens (tertiary/aromatic N) is 1. The third-order valence-corrected chi connectivity index (χ3v) is 2.77. The van der Waals surface area contributed by atoms with Crippen molar-refractivity contribution in [2.45, 2.75) is 19.8 Å². The monoisotopic (exact) mass is 198 g/mol. The summed E-state index contributed by atoms with van der Waals surface area (Å²) in [4.78, 5) is 23.9. The van der Waals surface area contributed by atoms with Gasteiger partial charge in [-0.2, -0.15) is 0 Å². The first-order valence-electron chi connectivity index (χ1n) is 5.21. The molecule has 1 aliphatic heterocycles. The van der Waals surface area contributed by atoms with Crippen LogP contribution in [0.3, 0.4) is 0 Å². The Balaban J connectivity index is 2.26. The molecule has 1 fully saturated rings. The van der Waals surface area contributed by atoms with E-state index in [1.165, 1.54) is 0 Å². The minimum Gasteiger partial charge on any atom is -0.349 e. The van der Waals surface area contributed by atoms with E-state index < -0.39 is 0 Å². The second-order valence-electron chi connectivity index (χ2n) is 3.62. The van der Waals surface area contributed by atoms with Gasteiger partial charge in [-0.1, -0.05) is 6.92 Å². The molecule has 0 spiro atoms. The zero-order chi connectivity index (χ0) is 10.4. The molecule has 14 heavy (non-hydrogen) atoms. The molecule has 1 amide bonds. The number of rotatable bonds is 4. The van der Waals surface area contributed by atoms with E-state index in [-0.39, 0.29) is 18.4 Å². The van der Waals surface area contributed by atoms with E-state index in [0.717, 1.165) is 38.8 Å². The Morgan fingerprint density at radius 3 is 2.64 bits per heavy atom. The lowest BCUT2D eigenvalue weighted by Crippen LogP contribution is -2.40. The molecule has 4 heteroatoms. The topological polar surface area (TPSA) is 49.4 Å². The van der Waals surface area contributed by atoms with E-state index >= 15 is 0 Å². The van der Waals surface area contributed by atoms with Crippen LogP contribution in [0.25, 0.3) is 0 Å². The highest BCUT2D eigenvalue weighted by Gasteiger charge is 2.23. The van der Waals surface area contributed by atoms with Crippen LogP contribution in [-0.4, -0.2) is 43.3 Å². The maximum absolute atomic E-state index is 11.5. The zero-order valence-electron chi connectivity index (χ0n) is 8.66. The molecule has 0 aromatic rings. The molecule has 1 saturated heterocycles. The molecule has 1 aliphatic rings. The van der Waals surface area contributed by atoms with Crippen LogP contribution in [0.2, 0.25) is 0 Å². The average molecular weight is 198 g/mol. The van der Waals surface area contributed by atoms with Crippen LogP contribution in [0.4, 0.5) is 0 Å². The van der Waals surface area contributed by atoms with Gasteiger partial charge < -0.3 is 15.0 Å². The number of hydrogen-bond donors (Lipinski definition) is 1. The van der Waals surface area contributed by atoms with Crippen LogP contribution >= 0.6 is 0 Å². The average Bonchev–Trinajstić information content (AvgIpc) is 2.26. The molecule has 1 N–H and O–H groups in total. The summed E-state index contributed by atoms with van der Waals surface area (Å²) in [5.74, 6) is 0.144. The molecule has 80 valence electrons. The first-order valence-corrected chi connectivity index (χ1v) is 5.21. The predicted octanol–water partition coefficient (Wildman–Crippen LogP) is 0.0334. The highest BCUT2D eigenvalue weighted by molar-refractivity contribution is 5.80. The Kier molecular flexibility index (Phi) is 4.59. The number of aldehydes is 1. The third-order valence-electron chi connectivity index (χ3n) is 2.77. The number of likely N-dealkylation sites (tertiary alicyclic amines) is 1. The molecular formula is C10H18N2O2. The van der Waals surface area contributed by atoms with Crippen molar-refractivity contribution in [2.24, 2.45) is 5.92 Å². The third kappa shape index (κ3) is 3.10. The molecule has 0 saturated carbocycles. The Hall–Kier alpha value is -0.900. The standard InChI is InChI=1S/C10H18N2O2/c1-2-12-6-3-9(4-7-12)10(14)11-5-8-13/h8-9H,2-7H2,1H3,(H,11,14). The number of piperidine rings is 1. The summed E-state index contributed by atoms with van der Waals surface area (Å²) in [7, 11) is 0. The van der Waals surface area contributed by atoms with Crippen molar-refractivity contribution in [3.63, 3.8) is 0 Å². The summed E-state index contributed by atoms with van der Waals surface area (Å²) >= 11 is 0. The summed E-state index contributed by atoms with van der Waals surface area (Å²) in [6.07, 6.45) is 2.55. The van der Waals surface area contributed by atoms with Crippen molar-refractivity contribution >= 4 is 12.2 Å². The van der Waals surface area contributed by atoms with E-state index in [1.54, 1.807) is 0 Å². The molecule has 0 aromatic carbocycles. The smallest absolute Gasteiger partial charge is 0.223 e. The maximum atomic E-state index is 11.5. The fraction of sp³-hybridized carbons (Fsp3) is 0.800. The number of carbonyl (C=O) groups is 2. The minimum absolute atomic E-state index is 0.0350. The number of nitrogens with one attached hydrogen (secondary N) is 1. The molecule has 0 unspecified atom stereocenters. The largest absolute Gasteiger partial charge is 0.349 e. The van der Waals surface area contributed by atoms with E-state index in [1.807, 2.05) is 0 Å². The molecule has 4 nitrogen and oxygen atoms in total. The van der Waals surface area contributed by atoms with Crippen molar-refractivity contribution < 1.29 is 9.59 Å². The lowest BCUT2D eigenvalue weighted by molar-refractivity contribution is -0.127. The predicted molar refractivity (Wildman–Crippen MR) is 53.9 cm³/mol. The summed E-state index contributed by atoms with van der Waals surface area (Å²) < 4.78 is 0. The van der Waals surface area contributed by atoms with E-state index in [2.05, 4.69) is 17.1 Å². The quantitative estimate of drug-likeness (QED) is 0.649. The summed E-state index contributed by atoms with van der Waals surface area (Å²) in [5, 5.41) is 2.61. The fourth-order valence-corrected chi connectivity index (χ4v) is 1.80. The second-order valence-corrected chi connectivity index (χ2v) is 3.62. The number of carbonyl (C=O) groups excluding carboxylic acids is 2. The summed E-state index contributed by atoms with van der Waals surface area (Å²) in [6, 6.07) is 0. The highest BCUT2D eigenvalue weighted by atomic mass is 16.2. The molecule has 1 heterocycles. The van der Waals surface area contributed by atoms with Gasteiger partial charge in [0, 0.05) is 5.92 Å². The van der Waals surface area contributed by atoms with Crippen molar-refractivity contribution in [1.29, 1.82) is 0 Å². The molecule has 0 aliphatic carbocycles. The van der Waals surface area contributed by atoms with E-state index in [4.69, 9.17) is 0 Å². The second kappa shape index (κ2) is 5.75. The normalized spacial score (nSPS) is 19.2. The maximum Gasteiger partial charge on any atom is 0.223 e. The van der Waals surface area contributed by atoms with Crippen molar-refractivity contribution in [1.82, 2.24) is 10.2 Å². The molecule has 1 rings (SSSR count). The Morgan fingerprint density at radius 1 is 1.50 bits per heavy atom. The molecule has 0 radical (unpaired) electrons. The number of hydrogen-bond acceptors (Lipinski definition) is 3. The fourth-order valence-electron chi connectivity index (χ4n) is 1.80. The molecule has 0 atom stereocenters. The highest BCUT2D eigenvalue weighted by Crippen LogP contribution is 2.16. The Labute approximate surface area is 84.7 Å². The van der Waals surface area contributed by atoms with Gasteiger partial charge in [-0.05, 0) is 32.5 Å². The summed E-state index contributed by atoms with van der Waals surface area (Å²) in [5.41, 5.74) is 0. The van der Waals surface area contributed by atoms with Crippen molar-refractivity contribution in [2.75, 3.05) is 26.2 Å². The van der Waals surface area contributed by atoms with Crippen LogP contribution in [0.15, 0.2) is 0 Å². The Bertz CT molecular complexity index is 198. The van der Waals surface area contributed by atoms with Crippen molar-refractivity contribution in [3.05, 3.63) is 0 Å². The van der Waals surface area contributed by atoms with Gasteiger partial charge in [0.25, 0.3) is 0 Å². The first kappa shape index (κ1) is 11.2. The van der Waals surface area contributed by atoms with E-state index in [0.29, 0.717) is 0 Å². The zero-order valence-corrected chi connectivity index (χ0v) is 8.66. The molecule has 0 bridgehead atoms. The lowest BCUT2D eigenvalue weighted by Gasteiger charge is -2.30. The van der Waals surface area contributed by atoms with Crippen LogP contribution in [-0.2, 0) is 9.59 Å². The van der Waals surface area contributed by atoms with Gasteiger partial charge >= 0.3 is 0 Å². The first-order chi connectivity index (χ1) is 6.77. The van der Waals surface area contributed by atoms with Gasteiger partial charge in [-0.15, -0.1) is 0 Å². The van der Waals surface area contributed by atoms with Gasteiger partial charge in [0.05, 0.1) is 6.54 Å². The van der Waals surface area contributed by atoms with Gasteiger partial charge in [-0.3, -0.25) is 4.79 Å². The van der Waals surface area contributed by atoms with Crippen LogP contribution in [0.5, 0.6) is 0 Å². The van der Waals surface area contributed by atoms with Crippen molar-refractivity contribution in [3.8, 4) is 0 Å². The minimum atomic E-state index is 0.0350. The Morgan fingerprint density at radius 2 is 2.14 bits per heavy atom. The van der Waals surface area contributed by atoms with Crippen LogP contribution < -0.4 is 5.32 Å². The SMILES string of the molecule is CCN1CCC(C(=O)NCC=O)CC1. The lowest BCUT2D eigenvalue weighted by atomic mass is 9.96. The van der Waals surface area contributed by atoms with Crippen LogP contribution in [0.1, 0.15) is 19.8 Å². The number of amides is 1. The molecular weight excluding hydrogens is 180 g/mol. The molecule has 0 aromatic heterocycles. The van der Waals surface area contributed by atoms with Gasteiger partial charge in [0.1, 0.15) is 6.29 Å². The van der Waals surface area contributed by atoms with E-state index in [9.17, 15) is 9.59 Å².